The lowest BCUT2D eigenvalue weighted by Crippen LogP contribution is -2.14. The molecule has 0 unspecified atom stereocenters. The van der Waals surface area contributed by atoms with Gasteiger partial charge in [0, 0.05) is 44.2 Å². The average molecular weight is 926 g/mol. The third-order valence-electron chi connectivity index (χ3n) is 15.2. The van der Waals surface area contributed by atoms with Crippen molar-refractivity contribution >= 4 is 65.9 Å². The van der Waals surface area contributed by atoms with Crippen molar-refractivity contribution in [2.45, 2.75) is 19.3 Å². The van der Waals surface area contributed by atoms with Gasteiger partial charge in [0.05, 0.1) is 5.52 Å². The fourth-order valence-corrected chi connectivity index (χ4v) is 12.1. The maximum atomic E-state index is 6.80. The monoisotopic (exact) mass is 924 g/mol. The van der Waals surface area contributed by atoms with Crippen LogP contribution in [0.15, 0.2) is 237 Å². The van der Waals surface area contributed by atoms with Crippen molar-refractivity contribution in [3.05, 3.63) is 253 Å². The summed E-state index contributed by atoms with van der Waals surface area (Å²) in [5.74, 6) is 0. The Morgan fingerprint density at radius 2 is 0.958 bits per heavy atom. The van der Waals surface area contributed by atoms with Gasteiger partial charge in [-0.15, -0.1) is 0 Å². The molecular formula is C68H45ClN2. The molecule has 0 radical (unpaired) electrons. The van der Waals surface area contributed by atoms with Crippen molar-refractivity contribution in [2.24, 2.45) is 0 Å². The van der Waals surface area contributed by atoms with Crippen LogP contribution in [0.25, 0.3) is 127 Å². The average Bonchev–Trinajstić information content (AvgIpc) is 3.87. The van der Waals surface area contributed by atoms with Crippen molar-refractivity contribution in [1.82, 2.24) is 9.55 Å². The minimum absolute atomic E-state index is 0.118. The van der Waals surface area contributed by atoms with Crippen molar-refractivity contribution < 1.29 is 0 Å². The number of benzene rings is 11. The van der Waals surface area contributed by atoms with Crippen LogP contribution >= 0.6 is 11.6 Å². The lowest BCUT2D eigenvalue weighted by Gasteiger charge is -2.22. The zero-order valence-electron chi connectivity index (χ0n) is 39.3. The summed E-state index contributed by atoms with van der Waals surface area (Å²) in [6.45, 7) is 4.69. The van der Waals surface area contributed by atoms with E-state index in [9.17, 15) is 0 Å². The molecule has 0 bridgehead atoms. The fraction of sp³-hybridized carbons (Fsp3) is 0.0441. The van der Waals surface area contributed by atoms with Crippen LogP contribution in [0.5, 0.6) is 0 Å². The first-order valence-corrected chi connectivity index (χ1v) is 24.8. The molecule has 0 amide bonds. The number of hydrogen-bond acceptors (Lipinski definition) is 1. The van der Waals surface area contributed by atoms with Crippen LogP contribution in [0, 0.1) is 0 Å². The van der Waals surface area contributed by atoms with E-state index >= 15 is 0 Å². The molecule has 71 heavy (non-hydrogen) atoms. The molecule has 0 saturated heterocycles. The Morgan fingerprint density at radius 1 is 0.366 bits per heavy atom. The highest BCUT2D eigenvalue weighted by Gasteiger charge is 2.35. The van der Waals surface area contributed by atoms with E-state index in [4.69, 9.17) is 16.6 Å². The van der Waals surface area contributed by atoms with Crippen LogP contribution in [-0.2, 0) is 5.41 Å². The van der Waals surface area contributed by atoms with Gasteiger partial charge in [-0.25, -0.2) is 4.98 Å². The lowest BCUT2D eigenvalue weighted by atomic mass is 9.81. The highest BCUT2D eigenvalue weighted by atomic mass is 35.5. The summed E-state index contributed by atoms with van der Waals surface area (Å²) >= 11 is 6.80. The standard InChI is InChI=1S/C68H45ClN2/c1-68(2)62-32-13-12-26-52(62)53-34-33-45(39-63(53)68)48-38-61-60-37-47(36-59(43-17-4-3-5-18-43)66(60)71(67(61)70-41-48)50-24-16-23-49(69)40-50)44-21-14-22-46(35-44)64-55-27-8-10-29-57(55)65(58-30-11-9-28-56(58)64)54-31-15-20-42-19-6-7-25-51(42)54/h3-41H,1-2H3. The quantitative estimate of drug-likeness (QED) is 0.152. The van der Waals surface area contributed by atoms with Crippen molar-refractivity contribution in [3.8, 4) is 72.4 Å². The fourth-order valence-electron chi connectivity index (χ4n) is 12.0. The molecule has 11 aromatic carbocycles. The molecule has 0 saturated carbocycles. The van der Waals surface area contributed by atoms with E-state index in [1.807, 2.05) is 24.4 Å². The summed E-state index contributed by atoms with van der Waals surface area (Å²) in [5.41, 5.74) is 19.8. The summed E-state index contributed by atoms with van der Waals surface area (Å²) in [5, 5.41) is 10.3. The maximum Gasteiger partial charge on any atom is 0.145 e. The van der Waals surface area contributed by atoms with E-state index < -0.39 is 0 Å². The highest BCUT2D eigenvalue weighted by Crippen LogP contribution is 2.51. The predicted octanol–water partition coefficient (Wildman–Crippen LogP) is 18.9. The normalized spacial score (nSPS) is 12.8. The number of aromatic nitrogens is 2. The molecule has 2 nitrogen and oxygen atoms in total. The number of pyridine rings is 1. The summed E-state index contributed by atoms with van der Waals surface area (Å²) < 4.78 is 2.31. The summed E-state index contributed by atoms with van der Waals surface area (Å²) in [7, 11) is 0. The van der Waals surface area contributed by atoms with E-state index in [1.165, 1.54) is 76.8 Å². The summed E-state index contributed by atoms with van der Waals surface area (Å²) in [6.07, 6.45) is 2.05. The van der Waals surface area contributed by atoms with Gasteiger partial charge in [-0.3, -0.25) is 4.57 Å². The Hall–Kier alpha value is -8.56. The van der Waals surface area contributed by atoms with E-state index in [1.54, 1.807) is 0 Å². The van der Waals surface area contributed by atoms with Crippen LogP contribution in [0.4, 0.5) is 0 Å². The van der Waals surface area contributed by atoms with Gasteiger partial charge in [0.25, 0.3) is 0 Å². The Kier molecular flexibility index (Phi) is 9.33. The van der Waals surface area contributed by atoms with Crippen LogP contribution in [0.1, 0.15) is 25.0 Å². The summed E-state index contributed by atoms with van der Waals surface area (Å²) in [4.78, 5) is 5.38. The molecule has 3 heteroatoms. The van der Waals surface area contributed by atoms with Gasteiger partial charge >= 0.3 is 0 Å². The Labute approximate surface area is 417 Å². The van der Waals surface area contributed by atoms with E-state index in [0.717, 1.165) is 61.0 Å². The molecule has 1 aliphatic rings. The molecule has 0 atom stereocenters. The Balaban J connectivity index is 1.01. The van der Waals surface area contributed by atoms with Crippen LogP contribution in [-0.4, -0.2) is 9.55 Å². The minimum Gasteiger partial charge on any atom is -0.293 e. The Bertz CT molecular complexity index is 4270. The number of hydrogen-bond donors (Lipinski definition) is 0. The van der Waals surface area contributed by atoms with E-state index in [2.05, 4.69) is 231 Å². The smallest absolute Gasteiger partial charge is 0.145 e. The highest BCUT2D eigenvalue weighted by molar-refractivity contribution is 6.31. The van der Waals surface area contributed by atoms with Crippen molar-refractivity contribution in [2.75, 3.05) is 0 Å². The van der Waals surface area contributed by atoms with Crippen molar-refractivity contribution in [1.29, 1.82) is 0 Å². The second kappa shape index (κ2) is 16.0. The second-order valence-electron chi connectivity index (χ2n) is 19.6. The molecule has 0 spiro atoms. The zero-order valence-corrected chi connectivity index (χ0v) is 40.0. The van der Waals surface area contributed by atoms with Crippen LogP contribution in [0.3, 0.4) is 0 Å². The number of rotatable bonds is 6. The SMILES string of the molecule is CC1(C)c2ccccc2-c2ccc(-c3cnc4c(c3)c3cc(-c5cccc(-c6c7ccccc7c(-c7cccc8ccccc78)c7ccccc67)c5)cc(-c5ccccc5)c3n4-c3cccc(Cl)c3)cc21. The van der Waals surface area contributed by atoms with Gasteiger partial charge in [-0.1, -0.05) is 207 Å². The van der Waals surface area contributed by atoms with Gasteiger partial charge < -0.3 is 0 Å². The lowest BCUT2D eigenvalue weighted by molar-refractivity contribution is 0.660. The molecule has 14 rings (SSSR count). The maximum absolute atomic E-state index is 6.80. The minimum atomic E-state index is -0.118. The molecule has 13 aromatic rings. The first-order chi connectivity index (χ1) is 34.9. The van der Waals surface area contributed by atoms with Crippen LogP contribution < -0.4 is 0 Å². The molecule has 334 valence electrons. The van der Waals surface area contributed by atoms with Gasteiger partial charge in [-0.05, 0) is 148 Å². The number of halogens is 1. The molecule has 0 fully saturated rings. The third kappa shape index (κ3) is 6.45. The topological polar surface area (TPSA) is 17.8 Å². The van der Waals surface area contributed by atoms with E-state index in [-0.39, 0.29) is 5.41 Å². The van der Waals surface area contributed by atoms with Gasteiger partial charge in [0.15, 0.2) is 0 Å². The molecule has 0 N–H and O–H groups in total. The summed E-state index contributed by atoms with van der Waals surface area (Å²) in [6, 6.07) is 84.3. The number of nitrogens with zero attached hydrogens (tertiary/aromatic N) is 2. The first kappa shape index (κ1) is 41.4. The van der Waals surface area contributed by atoms with Gasteiger partial charge in [0.1, 0.15) is 5.65 Å². The third-order valence-corrected chi connectivity index (χ3v) is 15.5. The molecule has 1 aliphatic carbocycles. The first-order valence-electron chi connectivity index (χ1n) is 24.5. The Morgan fingerprint density at radius 3 is 1.75 bits per heavy atom. The molecule has 0 aliphatic heterocycles. The zero-order chi connectivity index (χ0) is 47.4. The van der Waals surface area contributed by atoms with E-state index in [0.29, 0.717) is 5.02 Å². The van der Waals surface area contributed by atoms with Gasteiger partial charge in [-0.2, -0.15) is 0 Å². The number of fused-ring (bicyclic) bond motifs is 9. The van der Waals surface area contributed by atoms with Crippen LogP contribution in [0.2, 0.25) is 5.02 Å². The van der Waals surface area contributed by atoms with Crippen molar-refractivity contribution in [3.63, 3.8) is 0 Å². The predicted molar refractivity (Wildman–Crippen MR) is 301 cm³/mol. The van der Waals surface area contributed by atoms with Gasteiger partial charge in [0.2, 0.25) is 0 Å². The second-order valence-corrected chi connectivity index (χ2v) is 20.0. The molecular weight excluding hydrogens is 880 g/mol. The largest absolute Gasteiger partial charge is 0.293 e. The molecule has 2 aromatic heterocycles. The molecule has 2 heterocycles.